The van der Waals surface area contributed by atoms with Gasteiger partial charge in [0.25, 0.3) is 0 Å². The number of thiophene rings is 1. The Balaban J connectivity index is 0.841. The number of rotatable bonds is 5. The molecule has 14 aromatic carbocycles. The first-order valence-corrected chi connectivity index (χ1v) is 28.5. The standard InChI is InChI=1S/C76H44N4S/c1-3-20-53-49(16-1)51-18-5-7-22-55(51)63-42-47(32-36-57(53)63)67-44-68(48-33-37-58-54-21-4-2-17-50(54)52-19-6-8-23-56(52)64(58)43-48)78-76(77-67)80-70-29-13-10-25-60(70)66-41-46(35-39-72(66)80)45-34-38-71-65(40-45)59-24-9-12-28-69(59)79(71)73-30-15-27-62-61-26-11-14-31-74(61)81-75(62)73/h1-44H. The lowest BCUT2D eigenvalue weighted by molar-refractivity contribution is 0.996. The summed E-state index contributed by atoms with van der Waals surface area (Å²) in [6, 6.07) is 98.1. The maximum atomic E-state index is 5.63. The van der Waals surface area contributed by atoms with E-state index >= 15 is 0 Å². The minimum absolute atomic E-state index is 0.622. The summed E-state index contributed by atoms with van der Waals surface area (Å²) in [7, 11) is 0. The van der Waals surface area contributed by atoms with E-state index in [1.807, 2.05) is 11.3 Å². The molecule has 0 aliphatic rings. The molecule has 0 fully saturated rings. The van der Waals surface area contributed by atoms with E-state index in [2.05, 4.69) is 276 Å². The zero-order chi connectivity index (χ0) is 52.9. The minimum atomic E-state index is 0.622. The molecule has 0 amide bonds. The Hall–Kier alpha value is -10.5. The third kappa shape index (κ3) is 6.52. The lowest BCUT2D eigenvalue weighted by Crippen LogP contribution is -2.04. The van der Waals surface area contributed by atoms with Crippen LogP contribution in [0.1, 0.15) is 0 Å². The summed E-state index contributed by atoms with van der Waals surface area (Å²) in [6.45, 7) is 0. The van der Waals surface area contributed by atoms with Crippen LogP contribution in [0.2, 0.25) is 0 Å². The number of benzene rings is 14. The number of aromatic nitrogens is 4. The van der Waals surface area contributed by atoms with Crippen molar-refractivity contribution in [3.05, 3.63) is 267 Å². The lowest BCUT2D eigenvalue weighted by Gasteiger charge is -2.15. The van der Waals surface area contributed by atoms with E-state index in [4.69, 9.17) is 9.97 Å². The zero-order valence-corrected chi connectivity index (χ0v) is 44.4. The Kier molecular flexibility index (Phi) is 9.35. The molecule has 0 N–H and O–H groups in total. The van der Waals surface area contributed by atoms with Crippen molar-refractivity contribution >= 4 is 140 Å². The van der Waals surface area contributed by atoms with Crippen molar-refractivity contribution in [2.45, 2.75) is 0 Å². The van der Waals surface area contributed by atoms with Gasteiger partial charge in [0.15, 0.2) is 0 Å². The number of hydrogen-bond acceptors (Lipinski definition) is 3. The highest BCUT2D eigenvalue weighted by atomic mass is 32.1. The Morgan fingerprint density at radius 2 is 0.593 bits per heavy atom. The summed E-state index contributed by atoms with van der Waals surface area (Å²) in [5, 5.41) is 22.2. The van der Waals surface area contributed by atoms with Gasteiger partial charge in [-0.05, 0) is 142 Å². The van der Waals surface area contributed by atoms with Gasteiger partial charge >= 0.3 is 0 Å². The topological polar surface area (TPSA) is 35.6 Å². The van der Waals surface area contributed by atoms with Crippen LogP contribution in [-0.4, -0.2) is 19.1 Å². The van der Waals surface area contributed by atoms with Gasteiger partial charge in [0.2, 0.25) is 5.95 Å². The van der Waals surface area contributed by atoms with Crippen LogP contribution >= 0.6 is 11.3 Å². The van der Waals surface area contributed by atoms with Crippen LogP contribution in [0.15, 0.2) is 267 Å². The van der Waals surface area contributed by atoms with E-state index < -0.39 is 0 Å². The maximum absolute atomic E-state index is 5.63. The van der Waals surface area contributed by atoms with Gasteiger partial charge in [-0.15, -0.1) is 11.3 Å². The SMILES string of the molecule is c1ccc2c(c1)sc1c(-n3c4ccccc4c4cc(-c5ccc6c(c5)c5ccccc5n6-c5nc(-c6ccc7c8ccccc8c8ccccc8c7c6)cc(-c6ccc7c8ccccc8c8ccccc8c7c6)n5)ccc43)cccc12. The van der Waals surface area contributed by atoms with E-state index in [-0.39, 0.29) is 0 Å². The molecule has 4 nitrogen and oxygen atoms in total. The molecule has 0 bridgehead atoms. The fraction of sp³-hybridized carbons (Fsp3) is 0. The van der Waals surface area contributed by atoms with E-state index in [9.17, 15) is 0 Å². The quantitative estimate of drug-likeness (QED) is 0.161. The molecule has 0 aliphatic carbocycles. The summed E-state index contributed by atoms with van der Waals surface area (Å²) >= 11 is 1.87. The summed E-state index contributed by atoms with van der Waals surface area (Å²) in [5.74, 6) is 0.622. The van der Waals surface area contributed by atoms with Crippen molar-refractivity contribution in [3.8, 4) is 45.3 Å². The molecule has 0 saturated carbocycles. The van der Waals surface area contributed by atoms with Crippen LogP contribution in [-0.2, 0) is 0 Å². The highest BCUT2D eigenvalue weighted by Crippen LogP contribution is 2.44. The molecule has 0 unspecified atom stereocenters. The highest BCUT2D eigenvalue weighted by molar-refractivity contribution is 7.26. The number of hydrogen-bond donors (Lipinski definition) is 0. The Labute approximate surface area is 468 Å². The molecule has 0 atom stereocenters. The molecular formula is C76H44N4S. The zero-order valence-electron chi connectivity index (χ0n) is 43.6. The van der Waals surface area contributed by atoms with Gasteiger partial charge in [-0.1, -0.05) is 200 Å². The van der Waals surface area contributed by atoms with Crippen LogP contribution in [0, 0.1) is 0 Å². The summed E-state index contributed by atoms with van der Waals surface area (Å²) in [4.78, 5) is 11.3. The molecular weight excluding hydrogens is 1000 g/mol. The molecule has 5 heteroatoms. The fourth-order valence-electron chi connectivity index (χ4n) is 13.7. The molecule has 0 spiro atoms. The molecule has 0 aliphatic heterocycles. The molecule has 0 saturated heterocycles. The molecule has 4 aromatic heterocycles. The minimum Gasteiger partial charge on any atom is -0.308 e. The predicted molar refractivity (Wildman–Crippen MR) is 345 cm³/mol. The third-order valence-corrected chi connectivity index (χ3v) is 18.5. The molecule has 4 heterocycles. The molecule has 18 rings (SSSR count). The largest absolute Gasteiger partial charge is 0.308 e. The van der Waals surface area contributed by atoms with Gasteiger partial charge in [0, 0.05) is 48.1 Å². The Morgan fingerprint density at radius 1 is 0.235 bits per heavy atom. The average Bonchev–Trinajstić information content (AvgIpc) is 4.31. The second-order valence-corrected chi connectivity index (χ2v) is 22.6. The summed E-state index contributed by atoms with van der Waals surface area (Å²) in [6.07, 6.45) is 0. The first-order chi connectivity index (χ1) is 40.2. The third-order valence-electron chi connectivity index (χ3n) is 17.3. The Morgan fingerprint density at radius 3 is 1.10 bits per heavy atom. The average molecular weight is 1050 g/mol. The number of nitrogens with zero attached hydrogens (tertiary/aromatic N) is 4. The van der Waals surface area contributed by atoms with Gasteiger partial charge in [-0.25, -0.2) is 9.97 Å². The van der Waals surface area contributed by atoms with Crippen molar-refractivity contribution in [3.63, 3.8) is 0 Å². The van der Waals surface area contributed by atoms with Crippen LogP contribution in [0.4, 0.5) is 0 Å². The fourth-order valence-corrected chi connectivity index (χ4v) is 14.9. The van der Waals surface area contributed by atoms with E-state index in [1.165, 1.54) is 112 Å². The summed E-state index contributed by atoms with van der Waals surface area (Å²) < 4.78 is 7.35. The van der Waals surface area contributed by atoms with Gasteiger partial charge in [-0.2, -0.15) is 0 Å². The number of para-hydroxylation sites is 2. The molecule has 374 valence electrons. The smallest absolute Gasteiger partial charge is 0.235 e. The van der Waals surface area contributed by atoms with Gasteiger partial charge in [0.1, 0.15) is 0 Å². The summed E-state index contributed by atoms with van der Waals surface area (Å²) in [5.41, 5.74) is 11.8. The molecule has 81 heavy (non-hydrogen) atoms. The van der Waals surface area contributed by atoms with Gasteiger partial charge in [0.05, 0.1) is 43.8 Å². The predicted octanol–water partition coefficient (Wildman–Crippen LogP) is 21.0. The van der Waals surface area contributed by atoms with Crippen LogP contribution in [0.25, 0.3) is 174 Å². The number of fused-ring (bicyclic) bond motifs is 21. The van der Waals surface area contributed by atoms with Crippen LogP contribution in [0.5, 0.6) is 0 Å². The van der Waals surface area contributed by atoms with Gasteiger partial charge < -0.3 is 4.57 Å². The molecule has 0 radical (unpaired) electrons. The van der Waals surface area contributed by atoms with Crippen molar-refractivity contribution in [1.29, 1.82) is 0 Å². The van der Waals surface area contributed by atoms with Gasteiger partial charge in [-0.3, -0.25) is 4.57 Å². The van der Waals surface area contributed by atoms with Crippen molar-refractivity contribution in [2.75, 3.05) is 0 Å². The van der Waals surface area contributed by atoms with Crippen molar-refractivity contribution in [2.24, 2.45) is 0 Å². The molecule has 18 aromatic rings. The van der Waals surface area contributed by atoms with Crippen molar-refractivity contribution < 1.29 is 0 Å². The second-order valence-electron chi connectivity index (χ2n) is 21.6. The monoisotopic (exact) mass is 1040 g/mol. The highest BCUT2D eigenvalue weighted by Gasteiger charge is 2.22. The van der Waals surface area contributed by atoms with Crippen molar-refractivity contribution in [1.82, 2.24) is 19.1 Å². The van der Waals surface area contributed by atoms with E-state index in [0.717, 1.165) is 55.4 Å². The first-order valence-electron chi connectivity index (χ1n) is 27.7. The second kappa shape index (κ2) is 17.0. The van der Waals surface area contributed by atoms with Crippen LogP contribution in [0.3, 0.4) is 0 Å². The van der Waals surface area contributed by atoms with Crippen LogP contribution < -0.4 is 0 Å². The first kappa shape index (κ1) is 44.5. The normalized spacial score (nSPS) is 12.2. The van der Waals surface area contributed by atoms with E-state index in [1.54, 1.807) is 0 Å². The maximum Gasteiger partial charge on any atom is 0.235 e. The van der Waals surface area contributed by atoms with E-state index in [0.29, 0.717) is 5.95 Å². The Bertz CT molecular complexity index is 5490. The lowest BCUT2D eigenvalue weighted by atomic mass is 9.92.